The molecule has 2 N–H and O–H groups in total. The number of rotatable bonds is 4. The fourth-order valence-electron chi connectivity index (χ4n) is 2.09. The predicted octanol–water partition coefficient (Wildman–Crippen LogP) is 0.660. The van der Waals surface area contributed by atoms with E-state index in [1.54, 1.807) is 18.1 Å². The van der Waals surface area contributed by atoms with Crippen molar-refractivity contribution >= 4 is 17.8 Å². The molecule has 0 unspecified atom stereocenters. The van der Waals surface area contributed by atoms with Crippen molar-refractivity contribution in [2.24, 2.45) is 0 Å². The highest BCUT2D eigenvalue weighted by atomic mass is 16.1. The minimum Gasteiger partial charge on any atom is -0.385 e. The molecule has 0 radical (unpaired) electrons. The quantitative estimate of drug-likeness (QED) is 0.599. The van der Waals surface area contributed by atoms with Crippen molar-refractivity contribution in [3.05, 3.63) is 18.3 Å². The summed E-state index contributed by atoms with van der Waals surface area (Å²) in [5, 5.41) is 15.0. The molecule has 18 heavy (non-hydrogen) atoms. The first-order valence-corrected chi connectivity index (χ1v) is 5.75. The molecule has 1 aromatic heterocycles. The minimum atomic E-state index is -0.727. The van der Waals surface area contributed by atoms with E-state index in [-0.39, 0.29) is 0 Å². The molecule has 0 saturated carbocycles. The number of hydrogen-bond acceptors (Lipinski definition) is 6. The van der Waals surface area contributed by atoms with E-state index in [1.807, 2.05) is 12.1 Å². The molecule has 2 heterocycles. The van der Waals surface area contributed by atoms with Gasteiger partial charge in [0.05, 0.1) is 12.2 Å². The standard InChI is InChI=1S/C12H15N5O/c1-14-10-3-2-5-15-11(10)16-12(8-18)4-6-17(7-12)9-13/h2-3,5,8,14H,4,6-7H2,1H3,(H,15,16)/t12-/m0/s1. The SMILES string of the molecule is CNc1cccnc1N[C@@]1(C=O)CCN(C#N)C1. The van der Waals surface area contributed by atoms with Gasteiger partial charge in [0.1, 0.15) is 17.6 Å². The Morgan fingerprint density at radius 2 is 2.50 bits per heavy atom. The average molecular weight is 245 g/mol. The molecule has 2 rings (SSSR count). The first kappa shape index (κ1) is 12.2. The van der Waals surface area contributed by atoms with Crippen LogP contribution in [0.5, 0.6) is 0 Å². The van der Waals surface area contributed by atoms with Crippen LogP contribution >= 0.6 is 0 Å². The lowest BCUT2D eigenvalue weighted by atomic mass is 10.0. The first-order chi connectivity index (χ1) is 8.73. The van der Waals surface area contributed by atoms with Gasteiger partial charge in [-0.25, -0.2) is 4.98 Å². The zero-order valence-corrected chi connectivity index (χ0v) is 10.2. The van der Waals surface area contributed by atoms with Crippen molar-refractivity contribution in [3.8, 4) is 6.19 Å². The summed E-state index contributed by atoms with van der Waals surface area (Å²) in [5.74, 6) is 0.631. The Balaban J connectivity index is 2.21. The molecule has 0 aromatic carbocycles. The van der Waals surface area contributed by atoms with Gasteiger partial charge >= 0.3 is 0 Å². The van der Waals surface area contributed by atoms with Crippen molar-refractivity contribution in [1.82, 2.24) is 9.88 Å². The van der Waals surface area contributed by atoms with Gasteiger partial charge in [0, 0.05) is 19.8 Å². The third-order valence-electron chi connectivity index (χ3n) is 3.11. The maximum Gasteiger partial charge on any atom is 0.179 e. The van der Waals surface area contributed by atoms with E-state index >= 15 is 0 Å². The van der Waals surface area contributed by atoms with Crippen LogP contribution < -0.4 is 10.6 Å². The van der Waals surface area contributed by atoms with Crippen LogP contribution in [0.4, 0.5) is 11.5 Å². The minimum absolute atomic E-state index is 0.382. The van der Waals surface area contributed by atoms with Crippen molar-refractivity contribution in [3.63, 3.8) is 0 Å². The topological polar surface area (TPSA) is 81.1 Å². The van der Waals surface area contributed by atoms with E-state index in [0.717, 1.165) is 12.0 Å². The van der Waals surface area contributed by atoms with E-state index < -0.39 is 5.54 Å². The Morgan fingerprint density at radius 1 is 1.67 bits per heavy atom. The molecule has 1 atom stereocenters. The Kier molecular flexibility index (Phi) is 3.33. The maximum absolute atomic E-state index is 11.3. The van der Waals surface area contributed by atoms with E-state index in [9.17, 15) is 4.79 Å². The number of hydrogen-bond donors (Lipinski definition) is 2. The second-order valence-corrected chi connectivity index (χ2v) is 4.32. The van der Waals surface area contributed by atoms with E-state index in [1.165, 1.54) is 0 Å². The van der Waals surface area contributed by atoms with Gasteiger partial charge in [0.2, 0.25) is 0 Å². The monoisotopic (exact) mass is 245 g/mol. The Hall–Kier alpha value is -2.29. The van der Waals surface area contributed by atoms with Gasteiger partial charge in [-0.15, -0.1) is 0 Å². The fourth-order valence-corrected chi connectivity index (χ4v) is 2.09. The molecule has 0 aliphatic carbocycles. The van der Waals surface area contributed by atoms with E-state index in [2.05, 4.69) is 21.8 Å². The number of anilines is 2. The lowest BCUT2D eigenvalue weighted by Crippen LogP contribution is -2.42. The van der Waals surface area contributed by atoms with Crippen LogP contribution in [0.2, 0.25) is 0 Å². The molecular formula is C12H15N5O. The molecule has 0 amide bonds. The predicted molar refractivity (Wildman–Crippen MR) is 68.0 cm³/mol. The highest BCUT2D eigenvalue weighted by Gasteiger charge is 2.38. The third-order valence-corrected chi connectivity index (χ3v) is 3.11. The smallest absolute Gasteiger partial charge is 0.179 e. The van der Waals surface area contributed by atoms with Crippen LogP contribution in [0.15, 0.2) is 18.3 Å². The lowest BCUT2D eigenvalue weighted by Gasteiger charge is -2.25. The van der Waals surface area contributed by atoms with Gasteiger partial charge < -0.3 is 20.3 Å². The van der Waals surface area contributed by atoms with Gasteiger partial charge in [0.25, 0.3) is 0 Å². The zero-order chi connectivity index (χ0) is 13.0. The second kappa shape index (κ2) is 4.92. The van der Waals surface area contributed by atoms with Gasteiger partial charge in [-0.3, -0.25) is 0 Å². The highest BCUT2D eigenvalue weighted by Crippen LogP contribution is 2.26. The number of carbonyl (C=O) groups is 1. The highest BCUT2D eigenvalue weighted by molar-refractivity contribution is 5.75. The van der Waals surface area contributed by atoms with Crippen LogP contribution in [0.3, 0.4) is 0 Å². The van der Waals surface area contributed by atoms with Crippen LogP contribution in [-0.4, -0.2) is 41.8 Å². The summed E-state index contributed by atoms with van der Waals surface area (Å²) < 4.78 is 0. The van der Waals surface area contributed by atoms with Gasteiger partial charge in [0.15, 0.2) is 6.19 Å². The largest absolute Gasteiger partial charge is 0.385 e. The Morgan fingerprint density at radius 3 is 3.11 bits per heavy atom. The molecule has 1 aliphatic heterocycles. The molecule has 1 aliphatic rings. The second-order valence-electron chi connectivity index (χ2n) is 4.32. The number of aldehydes is 1. The molecule has 6 heteroatoms. The number of carbonyl (C=O) groups excluding carboxylic acids is 1. The van der Waals surface area contributed by atoms with Crippen molar-refractivity contribution in [2.75, 3.05) is 30.8 Å². The normalized spacial score (nSPS) is 22.3. The molecular weight excluding hydrogens is 230 g/mol. The lowest BCUT2D eigenvalue weighted by molar-refractivity contribution is -0.111. The number of nitriles is 1. The van der Waals surface area contributed by atoms with E-state index in [0.29, 0.717) is 25.3 Å². The molecule has 94 valence electrons. The molecule has 0 bridgehead atoms. The van der Waals surface area contributed by atoms with Crippen LogP contribution in [0, 0.1) is 11.5 Å². The van der Waals surface area contributed by atoms with Crippen molar-refractivity contribution in [1.29, 1.82) is 5.26 Å². The van der Waals surface area contributed by atoms with Gasteiger partial charge in [-0.05, 0) is 18.6 Å². The number of nitrogens with zero attached hydrogens (tertiary/aromatic N) is 3. The van der Waals surface area contributed by atoms with Crippen LogP contribution in [-0.2, 0) is 4.79 Å². The Labute approximate surface area is 106 Å². The summed E-state index contributed by atoms with van der Waals surface area (Å²) in [7, 11) is 1.80. The zero-order valence-electron chi connectivity index (χ0n) is 10.2. The molecule has 1 saturated heterocycles. The average Bonchev–Trinajstić information content (AvgIpc) is 2.83. The fraction of sp³-hybridized carbons (Fsp3) is 0.417. The summed E-state index contributed by atoms with van der Waals surface area (Å²) in [4.78, 5) is 17.1. The van der Waals surface area contributed by atoms with Gasteiger partial charge in [-0.1, -0.05) is 0 Å². The summed E-state index contributed by atoms with van der Waals surface area (Å²) in [6, 6.07) is 3.70. The van der Waals surface area contributed by atoms with E-state index in [4.69, 9.17) is 5.26 Å². The number of nitrogens with one attached hydrogen (secondary N) is 2. The van der Waals surface area contributed by atoms with Crippen molar-refractivity contribution in [2.45, 2.75) is 12.0 Å². The van der Waals surface area contributed by atoms with Crippen LogP contribution in [0.25, 0.3) is 0 Å². The number of pyridine rings is 1. The number of likely N-dealkylation sites (tertiary alicyclic amines) is 1. The maximum atomic E-state index is 11.3. The summed E-state index contributed by atoms with van der Waals surface area (Å²) in [5.41, 5.74) is 0.101. The van der Waals surface area contributed by atoms with Gasteiger partial charge in [-0.2, -0.15) is 5.26 Å². The van der Waals surface area contributed by atoms with Crippen molar-refractivity contribution < 1.29 is 4.79 Å². The molecule has 1 aromatic rings. The third kappa shape index (κ3) is 2.20. The van der Waals surface area contributed by atoms with Crippen LogP contribution in [0.1, 0.15) is 6.42 Å². The summed E-state index contributed by atoms with van der Waals surface area (Å²) in [6.07, 6.45) is 5.21. The first-order valence-electron chi connectivity index (χ1n) is 5.75. The molecule has 6 nitrogen and oxygen atoms in total. The Bertz CT molecular complexity index is 484. The number of aromatic nitrogens is 1. The molecule has 0 spiro atoms. The molecule has 1 fully saturated rings. The summed E-state index contributed by atoms with van der Waals surface area (Å²) in [6.45, 7) is 0.969. The summed E-state index contributed by atoms with van der Waals surface area (Å²) >= 11 is 0.